The van der Waals surface area contributed by atoms with Gasteiger partial charge in [-0.1, -0.05) is 33.1 Å². The third kappa shape index (κ3) is 8.17. The predicted molar refractivity (Wildman–Crippen MR) is 80.3 cm³/mol. The highest BCUT2D eigenvalue weighted by Crippen LogP contribution is 2.46. The van der Waals surface area contributed by atoms with E-state index >= 15 is 0 Å². The third-order valence-corrected chi connectivity index (χ3v) is 3.57. The fourth-order valence-electron chi connectivity index (χ4n) is 1.79. The van der Waals surface area contributed by atoms with Gasteiger partial charge in [0.05, 0.1) is 6.61 Å². The minimum Gasteiger partial charge on any atom is -0.462 e. The van der Waals surface area contributed by atoms with Crippen LogP contribution in [-0.2, 0) is 19.1 Å². The van der Waals surface area contributed by atoms with Gasteiger partial charge in [0.25, 0.3) is 0 Å². The summed E-state index contributed by atoms with van der Waals surface area (Å²) < 4.78 is 95.4. The molecule has 0 heterocycles. The lowest BCUT2D eigenvalue weighted by molar-refractivity contribution is -0.359. The highest BCUT2D eigenvalue weighted by molar-refractivity contribution is 5.91. The third-order valence-electron chi connectivity index (χ3n) is 3.57. The first-order chi connectivity index (χ1) is 12.3. The van der Waals surface area contributed by atoms with Crippen molar-refractivity contribution in [2.75, 3.05) is 13.2 Å². The van der Waals surface area contributed by atoms with Crippen LogP contribution in [-0.4, -0.2) is 43.2 Å². The molecule has 0 spiro atoms. The second-order valence-corrected chi connectivity index (χ2v) is 5.76. The minimum absolute atomic E-state index is 0.0601. The predicted octanol–water partition coefficient (Wildman–Crippen LogP) is 4.68. The van der Waals surface area contributed by atoms with Crippen LogP contribution < -0.4 is 0 Å². The van der Waals surface area contributed by atoms with E-state index in [0.717, 1.165) is 25.7 Å². The summed E-state index contributed by atoms with van der Waals surface area (Å²) >= 11 is 0. The first kappa shape index (κ1) is 25.2. The normalized spacial score (nSPS) is 14.3. The topological polar surface area (TPSA) is 52.6 Å². The Hall–Kier alpha value is -1.81. The Labute approximate surface area is 151 Å². The van der Waals surface area contributed by atoms with Gasteiger partial charge in [-0.2, -0.15) is 30.7 Å². The molecule has 0 N–H and O–H groups in total. The average molecular weight is 410 g/mol. The highest BCUT2D eigenvalue weighted by atomic mass is 19.4. The average Bonchev–Trinajstić information content (AvgIpc) is 2.57. The van der Waals surface area contributed by atoms with E-state index in [9.17, 15) is 40.3 Å². The maximum absolute atomic E-state index is 12.9. The second-order valence-electron chi connectivity index (χ2n) is 5.76. The van der Waals surface area contributed by atoms with Gasteiger partial charge < -0.3 is 9.47 Å². The molecule has 0 rings (SSSR count). The van der Waals surface area contributed by atoms with E-state index in [4.69, 9.17) is 4.74 Å². The fraction of sp³-hybridized carbons (Fsp3) is 0.750. The number of ether oxygens (including phenoxy) is 2. The molecule has 0 saturated carbocycles. The molecule has 1 unspecified atom stereocenters. The Bertz CT molecular complexity index is 515. The molecule has 0 aromatic heterocycles. The SMILES string of the molecule is CCCCC(CC)COC(=O)/C=C\C(=O)OCC(F)(F)C(F)(F)C(F)(F)F. The van der Waals surface area contributed by atoms with Crippen LogP contribution in [0.15, 0.2) is 12.2 Å². The Balaban J connectivity index is 4.51. The van der Waals surface area contributed by atoms with Gasteiger partial charge in [0, 0.05) is 12.2 Å². The Morgan fingerprint density at radius 2 is 1.44 bits per heavy atom. The largest absolute Gasteiger partial charge is 0.462 e. The van der Waals surface area contributed by atoms with Crippen molar-refractivity contribution in [1.82, 2.24) is 0 Å². The Morgan fingerprint density at radius 3 is 1.89 bits per heavy atom. The minimum atomic E-state index is -6.52. The van der Waals surface area contributed by atoms with Crippen LogP contribution in [0.3, 0.4) is 0 Å². The highest BCUT2D eigenvalue weighted by Gasteiger charge is 2.73. The van der Waals surface area contributed by atoms with Crippen molar-refractivity contribution in [2.45, 2.75) is 57.6 Å². The van der Waals surface area contributed by atoms with Crippen molar-refractivity contribution in [3.63, 3.8) is 0 Å². The molecule has 0 aliphatic rings. The molecule has 0 radical (unpaired) electrons. The number of alkyl halides is 7. The van der Waals surface area contributed by atoms with E-state index in [1.165, 1.54) is 0 Å². The van der Waals surface area contributed by atoms with Gasteiger partial charge in [-0.3, -0.25) is 0 Å². The van der Waals surface area contributed by atoms with E-state index in [1.54, 1.807) is 0 Å². The first-order valence-corrected chi connectivity index (χ1v) is 8.12. The molecule has 11 heteroatoms. The van der Waals surface area contributed by atoms with E-state index in [0.29, 0.717) is 12.2 Å². The molecule has 0 bridgehead atoms. The van der Waals surface area contributed by atoms with Crippen LogP contribution in [0, 0.1) is 5.92 Å². The van der Waals surface area contributed by atoms with E-state index in [-0.39, 0.29) is 12.5 Å². The number of carbonyl (C=O) groups excluding carboxylic acids is 2. The van der Waals surface area contributed by atoms with Gasteiger partial charge >= 0.3 is 30.0 Å². The van der Waals surface area contributed by atoms with E-state index in [2.05, 4.69) is 4.74 Å². The van der Waals surface area contributed by atoms with Gasteiger partial charge in [0.2, 0.25) is 0 Å². The molecule has 0 aromatic carbocycles. The lowest BCUT2D eigenvalue weighted by Crippen LogP contribution is -2.54. The number of hydrogen-bond acceptors (Lipinski definition) is 4. The summed E-state index contributed by atoms with van der Waals surface area (Å²) in [7, 11) is 0. The van der Waals surface area contributed by atoms with Crippen molar-refractivity contribution in [3.05, 3.63) is 12.2 Å². The zero-order chi connectivity index (χ0) is 21.3. The van der Waals surface area contributed by atoms with Crippen LogP contribution in [0.5, 0.6) is 0 Å². The van der Waals surface area contributed by atoms with Crippen LogP contribution in [0.1, 0.15) is 39.5 Å². The summed E-state index contributed by atoms with van der Waals surface area (Å²) in [5.41, 5.74) is 0. The standard InChI is InChI=1S/C16H21F7O4/c1-3-5-6-11(4-2)9-26-12(24)7-8-13(25)27-10-14(17,18)15(19,20)16(21,22)23/h7-8,11H,3-6,9-10H2,1-2H3/b8-7-. The van der Waals surface area contributed by atoms with Crippen molar-refractivity contribution in [1.29, 1.82) is 0 Å². The molecular weight excluding hydrogens is 389 g/mol. The van der Waals surface area contributed by atoms with Gasteiger partial charge in [-0.25, -0.2) is 9.59 Å². The lowest BCUT2D eigenvalue weighted by atomic mass is 10.0. The zero-order valence-electron chi connectivity index (χ0n) is 14.8. The summed E-state index contributed by atoms with van der Waals surface area (Å²) in [5, 5.41) is 0. The van der Waals surface area contributed by atoms with Crippen LogP contribution >= 0.6 is 0 Å². The first-order valence-electron chi connectivity index (χ1n) is 8.12. The van der Waals surface area contributed by atoms with Crippen molar-refractivity contribution in [2.24, 2.45) is 5.92 Å². The number of rotatable bonds is 11. The van der Waals surface area contributed by atoms with Crippen LogP contribution in [0.2, 0.25) is 0 Å². The van der Waals surface area contributed by atoms with Gasteiger partial charge in [-0.05, 0) is 12.3 Å². The maximum Gasteiger partial charge on any atom is 0.460 e. The molecule has 0 aliphatic carbocycles. The van der Waals surface area contributed by atoms with Crippen LogP contribution in [0.4, 0.5) is 30.7 Å². The molecule has 0 saturated heterocycles. The number of hydrogen-bond donors (Lipinski definition) is 0. The molecule has 4 nitrogen and oxygen atoms in total. The Morgan fingerprint density at radius 1 is 0.926 bits per heavy atom. The summed E-state index contributed by atoms with van der Waals surface area (Å²) in [6.45, 7) is 1.43. The molecule has 0 amide bonds. The quantitative estimate of drug-likeness (QED) is 0.282. The number of carbonyl (C=O) groups is 2. The van der Waals surface area contributed by atoms with Crippen molar-refractivity contribution in [3.8, 4) is 0 Å². The summed E-state index contributed by atoms with van der Waals surface area (Å²) in [4.78, 5) is 22.5. The van der Waals surface area contributed by atoms with Crippen molar-refractivity contribution < 1.29 is 49.8 Å². The fourth-order valence-corrected chi connectivity index (χ4v) is 1.79. The molecular formula is C16H21F7O4. The number of halogens is 7. The Kier molecular flexibility index (Phi) is 9.80. The van der Waals surface area contributed by atoms with E-state index in [1.807, 2.05) is 13.8 Å². The van der Waals surface area contributed by atoms with E-state index < -0.39 is 36.6 Å². The van der Waals surface area contributed by atoms with Crippen molar-refractivity contribution >= 4 is 11.9 Å². The molecule has 0 fully saturated rings. The summed E-state index contributed by atoms with van der Waals surface area (Å²) in [5.74, 6) is -14.6. The second kappa shape index (κ2) is 10.5. The summed E-state index contributed by atoms with van der Waals surface area (Å²) in [6.07, 6.45) is -2.28. The number of unbranched alkanes of at least 4 members (excludes halogenated alkanes) is 1. The maximum atomic E-state index is 12.9. The molecule has 0 aromatic rings. The lowest BCUT2D eigenvalue weighted by Gasteiger charge is -2.27. The number of esters is 2. The molecule has 27 heavy (non-hydrogen) atoms. The van der Waals surface area contributed by atoms with Gasteiger partial charge in [-0.15, -0.1) is 0 Å². The molecule has 1 atom stereocenters. The summed E-state index contributed by atoms with van der Waals surface area (Å²) in [6, 6.07) is 0. The zero-order valence-corrected chi connectivity index (χ0v) is 14.8. The molecule has 158 valence electrons. The monoisotopic (exact) mass is 410 g/mol. The smallest absolute Gasteiger partial charge is 0.460 e. The van der Waals surface area contributed by atoms with Gasteiger partial charge in [0.1, 0.15) is 0 Å². The van der Waals surface area contributed by atoms with Crippen LogP contribution in [0.25, 0.3) is 0 Å². The van der Waals surface area contributed by atoms with Gasteiger partial charge in [0.15, 0.2) is 6.61 Å². The molecule has 0 aliphatic heterocycles.